The van der Waals surface area contributed by atoms with E-state index in [0.29, 0.717) is 32.0 Å². The van der Waals surface area contributed by atoms with E-state index in [1.807, 2.05) is 24.3 Å². The van der Waals surface area contributed by atoms with E-state index >= 15 is 0 Å². The van der Waals surface area contributed by atoms with E-state index in [9.17, 15) is 13.2 Å². The summed E-state index contributed by atoms with van der Waals surface area (Å²) in [6.45, 7) is 7.34. The molecular weight excluding hydrogens is 376 g/mol. The molecule has 0 radical (unpaired) electrons. The van der Waals surface area contributed by atoms with E-state index in [2.05, 4.69) is 23.5 Å². The van der Waals surface area contributed by atoms with Crippen molar-refractivity contribution in [2.75, 3.05) is 37.0 Å². The molecule has 0 spiro atoms. The second-order valence-electron chi connectivity index (χ2n) is 8.98. The van der Waals surface area contributed by atoms with Crippen LogP contribution in [0.3, 0.4) is 0 Å². The Balaban J connectivity index is 1.49. The monoisotopic (exact) mass is 406 g/mol. The summed E-state index contributed by atoms with van der Waals surface area (Å²) in [5.74, 6) is 0.354. The highest BCUT2D eigenvalue weighted by atomic mass is 32.2. The Bertz CT molecular complexity index is 861. The van der Waals surface area contributed by atoms with Gasteiger partial charge in [-0.15, -0.1) is 0 Å². The quantitative estimate of drug-likeness (QED) is 0.785. The number of rotatable bonds is 6. The number of nitrogens with zero attached hydrogens (tertiary/aromatic N) is 1. The largest absolute Gasteiger partial charge is 0.378 e. The number of nitrogens with one attached hydrogen (secondary N) is 1. The zero-order valence-electron chi connectivity index (χ0n) is 16.7. The van der Waals surface area contributed by atoms with Gasteiger partial charge in [-0.1, -0.05) is 32.0 Å². The topological polar surface area (TPSA) is 75.7 Å². The second-order valence-corrected chi connectivity index (χ2v) is 10.8. The first-order valence-electron chi connectivity index (χ1n) is 10.2. The zero-order valence-corrected chi connectivity index (χ0v) is 17.6. The van der Waals surface area contributed by atoms with Gasteiger partial charge in [-0.2, -0.15) is 0 Å². The number of hydrogen-bond acceptors (Lipinski definition) is 5. The minimum Gasteiger partial charge on any atom is -0.378 e. The predicted molar refractivity (Wildman–Crippen MR) is 109 cm³/mol. The van der Waals surface area contributed by atoms with Crippen molar-refractivity contribution in [1.29, 1.82) is 0 Å². The maximum atomic E-state index is 13.0. The Morgan fingerprint density at radius 1 is 1.21 bits per heavy atom. The lowest BCUT2D eigenvalue weighted by Crippen LogP contribution is -2.45. The van der Waals surface area contributed by atoms with Crippen LogP contribution in [0.1, 0.15) is 38.7 Å². The molecule has 28 heavy (non-hydrogen) atoms. The number of fused-ring (bicyclic) bond motifs is 2. The molecule has 154 valence electrons. The molecule has 2 aliphatic carbocycles. The second kappa shape index (κ2) is 7.11. The van der Waals surface area contributed by atoms with Gasteiger partial charge in [0.15, 0.2) is 0 Å². The number of ketones is 1. The Kier molecular flexibility index (Phi) is 5.04. The van der Waals surface area contributed by atoms with Crippen LogP contribution in [-0.2, 0) is 26.1 Å². The lowest BCUT2D eigenvalue weighted by atomic mass is 9.70. The maximum absolute atomic E-state index is 13.0. The van der Waals surface area contributed by atoms with Gasteiger partial charge in [-0.05, 0) is 35.8 Å². The third-order valence-electron chi connectivity index (χ3n) is 7.40. The number of carbonyl (C=O) groups excluding carboxylic acids is 1. The summed E-state index contributed by atoms with van der Waals surface area (Å²) in [7, 11) is -3.57. The molecule has 3 fully saturated rings. The Morgan fingerprint density at radius 2 is 1.93 bits per heavy atom. The molecule has 2 atom stereocenters. The van der Waals surface area contributed by atoms with Gasteiger partial charge in [-0.3, -0.25) is 4.79 Å². The average molecular weight is 407 g/mol. The summed E-state index contributed by atoms with van der Waals surface area (Å²) in [6.07, 6.45) is 2.17. The fraction of sp³-hybridized carbons (Fsp3) is 0.667. The van der Waals surface area contributed by atoms with Crippen molar-refractivity contribution in [2.45, 2.75) is 39.7 Å². The van der Waals surface area contributed by atoms with Crippen LogP contribution in [0, 0.1) is 16.7 Å². The number of anilines is 1. The van der Waals surface area contributed by atoms with Gasteiger partial charge in [-0.25, -0.2) is 13.1 Å². The van der Waals surface area contributed by atoms with Crippen LogP contribution < -0.4 is 9.62 Å². The molecular formula is C21H30N2O4S. The van der Waals surface area contributed by atoms with Crippen LogP contribution in [0.2, 0.25) is 0 Å². The lowest BCUT2D eigenvalue weighted by Gasteiger charge is -2.36. The first kappa shape index (κ1) is 19.9. The molecule has 2 bridgehead atoms. The van der Waals surface area contributed by atoms with Crippen molar-refractivity contribution in [3.05, 3.63) is 29.8 Å². The number of morpholine rings is 1. The number of ether oxygens (including phenoxy) is 1. The molecule has 1 heterocycles. The molecule has 1 aromatic rings. The third kappa shape index (κ3) is 3.27. The summed E-state index contributed by atoms with van der Waals surface area (Å²) < 4.78 is 34.1. The lowest BCUT2D eigenvalue weighted by molar-refractivity contribution is -0.128. The Hall–Kier alpha value is -1.44. The first-order chi connectivity index (χ1) is 13.3. The van der Waals surface area contributed by atoms with E-state index in [-0.39, 0.29) is 23.5 Å². The van der Waals surface area contributed by atoms with Gasteiger partial charge < -0.3 is 9.64 Å². The van der Waals surface area contributed by atoms with Crippen molar-refractivity contribution in [3.8, 4) is 0 Å². The molecule has 4 rings (SSSR count). The third-order valence-corrected chi connectivity index (χ3v) is 8.86. The van der Waals surface area contributed by atoms with Crippen LogP contribution >= 0.6 is 0 Å². The fourth-order valence-corrected chi connectivity index (χ4v) is 7.25. The summed E-state index contributed by atoms with van der Waals surface area (Å²) in [5, 5.41) is 0. The summed E-state index contributed by atoms with van der Waals surface area (Å²) in [5.41, 5.74) is 1.02. The van der Waals surface area contributed by atoms with E-state index in [1.165, 1.54) is 0 Å². The standard InChI is InChI=1S/C21H30N2O4S/c1-20(2)17-7-8-21(20,19(24)13-17)15-28(25,26)22-14-16-5-3-4-6-18(16)23-9-11-27-12-10-23/h3-6,17,22H,7-15H2,1-2H3. The van der Waals surface area contributed by atoms with Crippen molar-refractivity contribution in [3.63, 3.8) is 0 Å². The molecule has 2 saturated carbocycles. The number of hydrogen-bond donors (Lipinski definition) is 1. The normalized spacial score (nSPS) is 29.4. The Labute approximate surface area is 167 Å². The number of carbonyl (C=O) groups is 1. The van der Waals surface area contributed by atoms with Crippen LogP contribution in [0.5, 0.6) is 0 Å². The molecule has 0 aromatic heterocycles. The smallest absolute Gasteiger partial charge is 0.212 e. The van der Waals surface area contributed by atoms with Crippen LogP contribution in [0.25, 0.3) is 0 Å². The molecule has 1 aliphatic heterocycles. The highest BCUT2D eigenvalue weighted by molar-refractivity contribution is 7.89. The summed E-state index contributed by atoms with van der Waals surface area (Å²) >= 11 is 0. The van der Waals surface area contributed by atoms with Gasteiger partial charge in [0.2, 0.25) is 10.0 Å². The molecule has 2 unspecified atom stereocenters. The SMILES string of the molecule is CC1(C)C2CCC1(CS(=O)(=O)NCc1ccccc1N1CCOCC1)C(=O)C2. The maximum Gasteiger partial charge on any atom is 0.212 e. The van der Waals surface area contributed by atoms with Crippen molar-refractivity contribution in [2.24, 2.45) is 16.7 Å². The molecule has 1 saturated heterocycles. The number of Topliss-reactive ketones (excluding diaryl/α,β-unsaturated/α-hetero) is 1. The Morgan fingerprint density at radius 3 is 2.57 bits per heavy atom. The predicted octanol–water partition coefficient (Wildman–Crippen LogP) is 2.34. The fourth-order valence-electron chi connectivity index (χ4n) is 5.44. The van der Waals surface area contributed by atoms with Gasteiger partial charge in [0.05, 0.1) is 19.0 Å². The zero-order chi connectivity index (χ0) is 20.0. The minimum absolute atomic E-state index is 0.0952. The molecule has 0 amide bonds. The van der Waals surface area contributed by atoms with E-state index in [0.717, 1.165) is 30.8 Å². The molecule has 3 aliphatic rings. The van der Waals surface area contributed by atoms with Gasteiger partial charge in [0, 0.05) is 37.2 Å². The van der Waals surface area contributed by atoms with Crippen LogP contribution in [0.4, 0.5) is 5.69 Å². The summed E-state index contributed by atoms with van der Waals surface area (Å²) in [4.78, 5) is 14.9. The van der Waals surface area contributed by atoms with Crippen molar-refractivity contribution >= 4 is 21.5 Å². The molecule has 1 N–H and O–H groups in total. The number of sulfonamides is 1. The van der Waals surface area contributed by atoms with Crippen LogP contribution in [0.15, 0.2) is 24.3 Å². The molecule has 6 nitrogen and oxygen atoms in total. The van der Waals surface area contributed by atoms with E-state index in [4.69, 9.17) is 4.74 Å². The van der Waals surface area contributed by atoms with Gasteiger partial charge >= 0.3 is 0 Å². The van der Waals surface area contributed by atoms with Crippen LogP contribution in [-0.4, -0.2) is 46.3 Å². The summed E-state index contributed by atoms with van der Waals surface area (Å²) in [6, 6.07) is 7.89. The highest BCUT2D eigenvalue weighted by Crippen LogP contribution is 2.64. The number of para-hydroxylation sites is 1. The van der Waals surface area contributed by atoms with Crippen molar-refractivity contribution in [1.82, 2.24) is 4.72 Å². The van der Waals surface area contributed by atoms with Gasteiger partial charge in [0.25, 0.3) is 0 Å². The minimum atomic E-state index is -3.57. The number of benzene rings is 1. The van der Waals surface area contributed by atoms with Crippen molar-refractivity contribution < 1.29 is 17.9 Å². The van der Waals surface area contributed by atoms with E-state index in [1.54, 1.807) is 0 Å². The van der Waals surface area contributed by atoms with E-state index < -0.39 is 15.4 Å². The van der Waals surface area contributed by atoms with Gasteiger partial charge in [0.1, 0.15) is 5.78 Å². The highest BCUT2D eigenvalue weighted by Gasteiger charge is 2.65. The molecule has 7 heteroatoms. The first-order valence-corrected chi connectivity index (χ1v) is 11.8. The average Bonchev–Trinajstić information content (AvgIpc) is 3.01. The molecule has 1 aromatic carbocycles.